The van der Waals surface area contributed by atoms with Gasteiger partial charge in [-0.05, 0) is 50.0 Å². The third-order valence-corrected chi connectivity index (χ3v) is 4.25. The van der Waals surface area contributed by atoms with E-state index in [4.69, 9.17) is 0 Å². The maximum atomic E-state index is 12.0. The smallest absolute Gasteiger partial charge is 0.240 e. The molecule has 5 heteroatoms. The Hall–Kier alpha value is -0.910. The Labute approximate surface area is 116 Å². The quantitative estimate of drug-likeness (QED) is 0.715. The molecule has 19 heavy (non-hydrogen) atoms. The highest BCUT2D eigenvalue weighted by Crippen LogP contribution is 2.12. The molecule has 0 saturated carbocycles. The maximum absolute atomic E-state index is 12.0. The van der Waals surface area contributed by atoms with Gasteiger partial charge in [0.05, 0.1) is 4.90 Å². The fourth-order valence-corrected chi connectivity index (χ4v) is 2.88. The summed E-state index contributed by atoms with van der Waals surface area (Å²) in [7, 11) is -1.43. The van der Waals surface area contributed by atoms with Gasteiger partial charge in [-0.3, -0.25) is 0 Å². The van der Waals surface area contributed by atoms with E-state index in [2.05, 4.69) is 10.0 Å². The number of sulfonamides is 1. The van der Waals surface area contributed by atoms with Crippen LogP contribution in [-0.2, 0) is 16.4 Å². The molecule has 108 valence electrons. The van der Waals surface area contributed by atoms with Crippen LogP contribution >= 0.6 is 0 Å². The summed E-state index contributed by atoms with van der Waals surface area (Å²) in [6, 6.07) is 7.13. The van der Waals surface area contributed by atoms with E-state index in [0.29, 0.717) is 17.4 Å². The van der Waals surface area contributed by atoms with Crippen molar-refractivity contribution in [3.8, 4) is 0 Å². The van der Waals surface area contributed by atoms with Gasteiger partial charge in [-0.2, -0.15) is 0 Å². The second-order valence-corrected chi connectivity index (χ2v) is 6.86. The average molecular weight is 284 g/mol. The summed E-state index contributed by atoms with van der Waals surface area (Å²) in [4.78, 5) is 0.338. The van der Waals surface area contributed by atoms with Gasteiger partial charge in [-0.15, -0.1) is 0 Å². The van der Waals surface area contributed by atoms with Crippen LogP contribution in [0.4, 0.5) is 0 Å². The molecule has 0 aliphatic heterocycles. The Balaban J connectivity index is 2.64. The SMILES string of the molecule is CNCCCc1ccc(S(=O)(=O)NCC(C)C)cc1. The Bertz CT molecular complexity index is 467. The monoisotopic (exact) mass is 284 g/mol. The normalized spacial score (nSPS) is 12.0. The molecule has 0 saturated heterocycles. The molecule has 0 aromatic heterocycles. The molecule has 4 nitrogen and oxygen atoms in total. The van der Waals surface area contributed by atoms with Crippen molar-refractivity contribution in [1.82, 2.24) is 10.0 Å². The van der Waals surface area contributed by atoms with Gasteiger partial charge < -0.3 is 5.32 Å². The van der Waals surface area contributed by atoms with Crippen LogP contribution in [0.3, 0.4) is 0 Å². The minimum atomic E-state index is -3.36. The van der Waals surface area contributed by atoms with Crippen molar-refractivity contribution in [2.75, 3.05) is 20.1 Å². The summed E-state index contributed by atoms with van der Waals surface area (Å²) in [6.45, 7) is 5.39. The maximum Gasteiger partial charge on any atom is 0.240 e. The molecular formula is C14H24N2O2S. The number of nitrogens with one attached hydrogen (secondary N) is 2. The third-order valence-electron chi connectivity index (χ3n) is 2.81. The second kappa shape index (κ2) is 7.62. The number of hydrogen-bond acceptors (Lipinski definition) is 3. The van der Waals surface area contributed by atoms with E-state index in [1.807, 2.05) is 33.0 Å². The summed E-state index contributed by atoms with van der Waals surface area (Å²) in [5.41, 5.74) is 1.16. The van der Waals surface area contributed by atoms with Crippen LogP contribution in [0.1, 0.15) is 25.8 Å². The number of benzene rings is 1. The molecule has 0 bridgehead atoms. The van der Waals surface area contributed by atoms with Gasteiger partial charge in [-0.25, -0.2) is 13.1 Å². The van der Waals surface area contributed by atoms with Gasteiger partial charge >= 0.3 is 0 Å². The van der Waals surface area contributed by atoms with Crippen molar-refractivity contribution in [1.29, 1.82) is 0 Å². The van der Waals surface area contributed by atoms with Gasteiger partial charge in [-0.1, -0.05) is 26.0 Å². The van der Waals surface area contributed by atoms with E-state index < -0.39 is 10.0 Å². The highest BCUT2D eigenvalue weighted by molar-refractivity contribution is 7.89. The molecule has 1 aromatic rings. The summed E-state index contributed by atoms with van der Waals surface area (Å²) in [5.74, 6) is 0.301. The van der Waals surface area contributed by atoms with Crippen molar-refractivity contribution < 1.29 is 8.42 Å². The van der Waals surface area contributed by atoms with Crippen molar-refractivity contribution in [2.45, 2.75) is 31.6 Å². The molecule has 0 radical (unpaired) electrons. The molecule has 0 heterocycles. The second-order valence-electron chi connectivity index (χ2n) is 5.10. The Morgan fingerprint density at radius 1 is 1.16 bits per heavy atom. The summed E-state index contributed by atoms with van der Waals surface area (Å²) < 4.78 is 26.6. The Morgan fingerprint density at radius 2 is 1.79 bits per heavy atom. The molecule has 0 fully saturated rings. The summed E-state index contributed by atoms with van der Waals surface area (Å²) in [5, 5.41) is 3.09. The van der Waals surface area contributed by atoms with Crippen LogP contribution in [0.25, 0.3) is 0 Å². The largest absolute Gasteiger partial charge is 0.320 e. The minimum Gasteiger partial charge on any atom is -0.320 e. The standard InChI is InChI=1S/C14H24N2O2S/c1-12(2)11-16-19(17,18)14-8-6-13(7-9-14)5-4-10-15-3/h6-9,12,15-16H,4-5,10-11H2,1-3H3. The zero-order chi connectivity index (χ0) is 14.3. The lowest BCUT2D eigenvalue weighted by Gasteiger charge is -2.09. The average Bonchev–Trinajstić information content (AvgIpc) is 2.37. The first kappa shape index (κ1) is 16.1. The van der Waals surface area contributed by atoms with E-state index in [0.717, 1.165) is 24.9 Å². The van der Waals surface area contributed by atoms with Crippen LogP contribution < -0.4 is 10.0 Å². The first-order valence-corrected chi connectivity index (χ1v) is 8.17. The molecule has 2 N–H and O–H groups in total. The third kappa shape index (κ3) is 5.72. The van der Waals surface area contributed by atoms with Crippen LogP contribution in [0.15, 0.2) is 29.2 Å². The zero-order valence-electron chi connectivity index (χ0n) is 11.9. The van der Waals surface area contributed by atoms with Crippen LogP contribution in [0.5, 0.6) is 0 Å². The lowest BCUT2D eigenvalue weighted by Crippen LogP contribution is -2.27. The Kier molecular flexibility index (Phi) is 6.48. The zero-order valence-corrected chi connectivity index (χ0v) is 12.8. The van der Waals surface area contributed by atoms with E-state index >= 15 is 0 Å². The minimum absolute atomic E-state index is 0.301. The predicted molar refractivity (Wildman–Crippen MR) is 78.7 cm³/mol. The molecule has 0 aliphatic carbocycles. The predicted octanol–water partition coefficient (Wildman–Crippen LogP) is 1.77. The van der Waals surface area contributed by atoms with Crippen molar-refractivity contribution in [3.05, 3.63) is 29.8 Å². The highest BCUT2D eigenvalue weighted by Gasteiger charge is 2.13. The first-order valence-electron chi connectivity index (χ1n) is 6.69. The Morgan fingerprint density at radius 3 is 2.32 bits per heavy atom. The van der Waals surface area contributed by atoms with E-state index in [9.17, 15) is 8.42 Å². The van der Waals surface area contributed by atoms with Crippen LogP contribution in [0.2, 0.25) is 0 Å². The van der Waals surface area contributed by atoms with Crippen molar-refractivity contribution in [2.24, 2.45) is 5.92 Å². The fourth-order valence-electron chi connectivity index (χ4n) is 1.66. The first-order chi connectivity index (χ1) is 8.95. The molecule has 0 amide bonds. The molecule has 1 rings (SSSR count). The molecule has 1 aromatic carbocycles. The van der Waals surface area contributed by atoms with E-state index in [1.54, 1.807) is 12.1 Å². The summed E-state index contributed by atoms with van der Waals surface area (Å²) in [6.07, 6.45) is 2.01. The van der Waals surface area contributed by atoms with Crippen molar-refractivity contribution in [3.63, 3.8) is 0 Å². The number of rotatable bonds is 8. The number of hydrogen-bond donors (Lipinski definition) is 2. The number of aryl methyl sites for hydroxylation is 1. The summed E-state index contributed by atoms with van der Waals surface area (Å²) >= 11 is 0. The topological polar surface area (TPSA) is 58.2 Å². The van der Waals surface area contributed by atoms with Crippen LogP contribution in [-0.4, -0.2) is 28.6 Å². The molecule has 0 spiro atoms. The molecule has 0 atom stereocenters. The highest BCUT2D eigenvalue weighted by atomic mass is 32.2. The van der Waals surface area contributed by atoms with Gasteiger partial charge in [0.1, 0.15) is 0 Å². The van der Waals surface area contributed by atoms with Gasteiger partial charge in [0.25, 0.3) is 0 Å². The van der Waals surface area contributed by atoms with Crippen molar-refractivity contribution >= 4 is 10.0 Å². The van der Waals surface area contributed by atoms with Gasteiger partial charge in [0, 0.05) is 6.54 Å². The van der Waals surface area contributed by atoms with Gasteiger partial charge in [0.2, 0.25) is 10.0 Å². The van der Waals surface area contributed by atoms with Gasteiger partial charge in [0.15, 0.2) is 0 Å². The van der Waals surface area contributed by atoms with E-state index in [-0.39, 0.29) is 0 Å². The lowest BCUT2D eigenvalue weighted by molar-refractivity contribution is 0.560. The lowest BCUT2D eigenvalue weighted by atomic mass is 10.1. The van der Waals surface area contributed by atoms with Crippen LogP contribution in [0, 0.1) is 5.92 Å². The molecular weight excluding hydrogens is 260 g/mol. The fraction of sp³-hybridized carbons (Fsp3) is 0.571. The molecule has 0 unspecified atom stereocenters. The molecule has 0 aliphatic rings. The van der Waals surface area contributed by atoms with E-state index in [1.165, 1.54) is 0 Å².